The number of rotatable bonds is 7. The third-order valence-corrected chi connectivity index (χ3v) is 6.59. The van der Waals surface area contributed by atoms with Crippen LogP contribution >= 0.6 is 0 Å². The van der Waals surface area contributed by atoms with Gasteiger partial charge in [-0.3, -0.25) is 24.0 Å². The number of nitrogens with zero attached hydrogens (tertiary/aromatic N) is 2. The molecule has 0 atom stereocenters. The van der Waals surface area contributed by atoms with Gasteiger partial charge in [-0.05, 0) is 49.8 Å². The lowest BCUT2D eigenvalue weighted by molar-refractivity contribution is 0.0962. The first-order valence-electron chi connectivity index (χ1n) is 12.2. The van der Waals surface area contributed by atoms with Gasteiger partial charge < -0.3 is 10.2 Å². The van der Waals surface area contributed by atoms with Crippen molar-refractivity contribution in [3.05, 3.63) is 104 Å². The van der Waals surface area contributed by atoms with E-state index in [0.29, 0.717) is 12.0 Å². The molecule has 0 spiro atoms. The maximum atomic E-state index is 13.8. The van der Waals surface area contributed by atoms with Crippen molar-refractivity contribution < 1.29 is 9.21 Å². The van der Waals surface area contributed by atoms with Crippen LogP contribution in [0, 0.1) is 0 Å². The summed E-state index contributed by atoms with van der Waals surface area (Å²) in [6.45, 7) is 0.394. The van der Waals surface area contributed by atoms with Gasteiger partial charge in [-0.2, -0.15) is 0 Å². The van der Waals surface area contributed by atoms with Crippen LogP contribution in [0.5, 0.6) is 0 Å². The SMILES string of the molecule is Nc1c(N(CCC2=CCCCC2)C(=O)c2cc3ccccc3o2)c(=O)[nH]c(=O)n1Cc1ccccc1. The fourth-order valence-electron chi connectivity index (χ4n) is 4.68. The van der Waals surface area contributed by atoms with Gasteiger partial charge in [-0.1, -0.05) is 60.2 Å². The van der Waals surface area contributed by atoms with Crippen molar-refractivity contribution in [1.29, 1.82) is 0 Å². The van der Waals surface area contributed by atoms with Crippen molar-refractivity contribution in [2.75, 3.05) is 17.2 Å². The summed E-state index contributed by atoms with van der Waals surface area (Å²) < 4.78 is 7.11. The molecule has 5 rings (SSSR count). The van der Waals surface area contributed by atoms with E-state index in [1.165, 1.54) is 15.0 Å². The molecule has 2 heterocycles. The van der Waals surface area contributed by atoms with Gasteiger partial charge in [0.15, 0.2) is 11.4 Å². The number of carbonyl (C=O) groups excluding carboxylic acids is 1. The van der Waals surface area contributed by atoms with Crippen LogP contribution in [0.15, 0.2) is 86.3 Å². The van der Waals surface area contributed by atoms with Crippen LogP contribution in [0.2, 0.25) is 0 Å². The molecule has 36 heavy (non-hydrogen) atoms. The number of nitrogens with one attached hydrogen (secondary N) is 1. The van der Waals surface area contributed by atoms with Gasteiger partial charge >= 0.3 is 5.69 Å². The Bertz CT molecular complexity index is 1510. The van der Waals surface area contributed by atoms with Crippen molar-refractivity contribution in [2.24, 2.45) is 0 Å². The van der Waals surface area contributed by atoms with Gasteiger partial charge in [0, 0.05) is 11.9 Å². The first-order chi connectivity index (χ1) is 17.5. The van der Waals surface area contributed by atoms with Crippen LogP contribution in [0.4, 0.5) is 11.5 Å². The molecule has 0 aliphatic heterocycles. The molecule has 184 valence electrons. The van der Waals surface area contributed by atoms with E-state index in [1.54, 1.807) is 12.1 Å². The average Bonchev–Trinajstić information content (AvgIpc) is 3.34. The average molecular weight is 485 g/mol. The molecule has 0 fully saturated rings. The van der Waals surface area contributed by atoms with Crippen molar-refractivity contribution in [3.63, 3.8) is 0 Å². The second-order valence-corrected chi connectivity index (χ2v) is 9.03. The Labute approximate surface area is 207 Å². The third kappa shape index (κ3) is 4.75. The summed E-state index contributed by atoms with van der Waals surface area (Å²) in [4.78, 5) is 43.2. The maximum Gasteiger partial charge on any atom is 0.330 e. The normalized spacial score (nSPS) is 13.5. The van der Waals surface area contributed by atoms with E-state index in [4.69, 9.17) is 10.2 Å². The largest absolute Gasteiger partial charge is 0.451 e. The molecule has 1 amide bonds. The van der Waals surface area contributed by atoms with E-state index in [0.717, 1.165) is 36.6 Å². The lowest BCUT2D eigenvalue weighted by Crippen LogP contribution is -2.41. The number of nitrogen functional groups attached to an aromatic ring is 1. The molecule has 0 saturated heterocycles. The van der Waals surface area contributed by atoms with Crippen LogP contribution in [-0.4, -0.2) is 22.0 Å². The lowest BCUT2D eigenvalue weighted by atomic mass is 9.97. The summed E-state index contributed by atoms with van der Waals surface area (Å²) in [6, 6.07) is 18.3. The molecule has 2 aromatic carbocycles. The number of carbonyl (C=O) groups is 1. The van der Waals surface area contributed by atoms with Gasteiger partial charge in [0.25, 0.3) is 11.5 Å². The molecule has 0 radical (unpaired) electrons. The second-order valence-electron chi connectivity index (χ2n) is 9.03. The summed E-state index contributed by atoms with van der Waals surface area (Å²) in [7, 11) is 0. The Morgan fingerprint density at radius 2 is 1.83 bits per heavy atom. The molecule has 3 N–H and O–H groups in total. The Balaban J connectivity index is 1.57. The zero-order valence-corrected chi connectivity index (χ0v) is 19.9. The first-order valence-corrected chi connectivity index (χ1v) is 12.2. The highest BCUT2D eigenvalue weighted by Gasteiger charge is 2.28. The standard InChI is InChI=1S/C28H28N4O4/c29-25-24(26(33)30-28(35)32(25)18-20-11-5-2-6-12-20)31(16-15-19-9-3-1-4-10-19)27(34)23-17-21-13-7-8-14-22(21)36-23/h2,5-9,11-14,17H,1,3-4,10,15-16,18,29H2,(H,30,33,35). The molecular formula is C28H28N4O4. The molecule has 1 aliphatic carbocycles. The Morgan fingerprint density at radius 3 is 2.58 bits per heavy atom. The number of benzene rings is 2. The number of furan rings is 1. The van der Waals surface area contributed by atoms with Crippen LogP contribution in [0.25, 0.3) is 11.0 Å². The fourth-order valence-corrected chi connectivity index (χ4v) is 4.68. The highest BCUT2D eigenvalue weighted by Crippen LogP contribution is 2.27. The number of hydrogen-bond donors (Lipinski definition) is 2. The van der Waals surface area contributed by atoms with E-state index >= 15 is 0 Å². The minimum Gasteiger partial charge on any atom is -0.451 e. The molecule has 4 aromatic rings. The molecule has 0 unspecified atom stereocenters. The van der Waals surface area contributed by atoms with Crippen LogP contribution < -0.4 is 21.9 Å². The lowest BCUT2D eigenvalue weighted by Gasteiger charge is -2.25. The Morgan fingerprint density at radius 1 is 1.06 bits per heavy atom. The third-order valence-electron chi connectivity index (χ3n) is 6.59. The highest BCUT2D eigenvalue weighted by atomic mass is 16.3. The van der Waals surface area contributed by atoms with Gasteiger partial charge in [0.2, 0.25) is 0 Å². The maximum absolute atomic E-state index is 13.8. The summed E-state index contributed by atoms with van der Waals surface area (Å²) >= 11 is 0. The van der Waals surface area contributed by atoms with Crippen molar-refractivity contribution in [1.82, 2.24) is 9.55 Å². The summed E-state index contributed by atoms with van der Waals surface area (Å²) in [5, 5.41) is 0.784. The summed E-state index contributed by atoms with van der Waals surface area (Å²) in [5.74, 6) is -0.437. The number of H-pyrrole nitrogens is 1. The van der Waals surface area contributed by atoms with Crippen molar-refractivity contribution in [2.45, 2.75) is 38.6 Å². The number of aromatic nitrogens is 2. The van der Waals surface area contributed by atoms with Gasteiger partial charge in [0.05, 0.1) is 6.54 Å². The van der Waals surface area contributed by atoms with Crippen molar-refractivity contribution >= 4 is 28.4 Å². The number of fused-ring (bicyclic) bond motifs is 1. The number of para-hydroxylation sites is 1. The molecular weight excluding hydrogens is 456 g/mol. The van der Waals surface area contributed by atoms with E-state index in [2.05, 4.69) is 11.1 Å². The predicted molar refractivity (Wildman–Crippen MR) is 140 cm³/mol. The van der Waals surface area contributed by atoms with Crippen LogP contribution in [0.3, 0.4) is 0 Å². The topological polar surface area (TPSA) is 114 Å². The van der Waals surface area contributed by atoms with Crippen molar-refractivity contribution in [3.8, 4) is 0 Å². The van der Waals surface area contributed by atoms with Crippen LogP contribution in [0.1, 0.15) is 48.2 Å². The zero-order valence-electron chi connectivity index (χ0n) is 19.9. The van der Waals surface area contributed by atoms with E-state index in [-0.39, 0.29) is 30.4 Å². The molecule has 0 saturated carbocycles. The number of allylic oxidation sites excluding steroid dienone is 1. The molecule has 2 aromatic heterocycles. The predicted octanol–water partition coefficient (Wildman–Crippen LogP) is 4.45. The minimum absolute atomic E-state index is 0.0487. The number of amides is 1. The number of anilines is 2. The monoisotopic (exact) mass is 484 g/mol. The quantitative estimate of drug-likeness (QED) is 0.376. The summed E-state index contributed by atoms with van der Waals surface area (Å²) in [5.41, 5.74) is 7.72. The summed E-state index contributed by atoms with van der Waals surface area (Å²) in [6.07, 6.45) is 7.04. The smallest absolute Gasteiger partial charge is 0.330 e. The minimum atomic E-state index is -0.705. The first kappa shape index (κ1) is 23.4. The van der Waals surface area contributed by atoms with Gasteiger partial charge in [0.1, 0.15) is 11.4 Å². The van der Waals surface area contributed by atoms with Gasteiger partial charge in [-0.25, -0.2) is 4.79 Å². The molecule has 8 nitrogen and oxygen atoms in total. The Hall–Kier alpha value is -4.33. The highest BCUT2D eigenvalue weighted by molar-refractivity contribution is 6.07. The Kier molecular flexibility index (Phi) is 6.58. The second kappa shape index (κ2) is 10.1. The number of aromatic amines is 1. The molecule has 8 heteroatoms. The van der Waals surface area contributed by atoms with E-state index < -0.39 is 17.2 Å². The van der Waals surface area contributed by atoms with E-state index in [1.807, 2.05) is 48.5 Å². The van der Waals surface area contributed by atoms with Gasteiger partial charge in [-0.15, -0.1) is 0 Å². The number of hydrogen-bond acceptors (Lipinski definition) is 5. The fraction of sp³-hybridized carbons (Fsp3) is 0.250. The number of nitrogens with two attached hydrogens (primary N) is 1. The zero-order chi connectivity index (χ0) is 25.1. The van der Waals surface area contributed by atoms with Crippen LogP contribution in [-0.2, 0) is 6.54 Å². The van der Waals surface area contributed by atoms with E-state index in [9.17, 15) is 14.4 Å². The molecule has 1 aliphatic rings. The molecule has 0 bridgehead atoms.